The summed E-state index contributed by atoms with van der Waals surface area (Å²) in [6, 6.07) is 18.6. The lowest BCUT2D eigenvalue weighted by molar-refractivity contribution is -0.116. The molecule has 0 spiro atoms. The quantitative estimate of drug-likeness (QED) is 0.508. The number of nitrogens with zero attached hydrogens (tertiary/aromatic N) is 4. The fourth-order valence-electron chi connectivity index (χ4n) is 4.82. The van der Waals surface area contributed by atoms with Crippen molar-refractivity contribution in [2.75, 3.05) is 17.2 Å². The minimum Gasteiger partial charge on any atom is -0.311 e. The lowest BCUT2D eigenvalue weighted by atomic mass is 9.88. The maximum Gasteiger partial charge on any atom is 0.237 e. The number of carbonyl (C=O) groups excluding carboxylic acids is 1. The van der Waals surface area contributed by atoms with Crippen molar-refractivity contribution in [3.63, 3.8) is 0 Å². The fraction of sp³-hybridized carbons (Fsp3) is 0.400. The molecule has 31 heavy (non-hydrogen) atoms. The molecule has 0 saturated heterocycles. The van der Waals surface area contributed by atoms with Crippen molar-refractivity contribution in [1.29, 1.82) is 0 Å². The molecule has 3 aromatic rings. The molecule has 5 nitrogen and oxygen atoms in total. The summed E-state index contributed by atoms with van der Waals surface area (Å²) in [6.45, 7) is 0.787. The number of carbonyl (C=O) groups is 1. The number of hydrogen-bond donors (Lipinski definition) is 0. The maximum absolute atomic E-state index is 13.1. The second kappa shape index (κ2) is 9.27. The largest absolute Gasteiger partial charge is 0.311 e. The van der Waals surface area contributed by atoms with E-state index in [0.29, 0.717) is 11.7 Å². The monoisotopic (exact) mass is 432 g/mol. The summed E-state index contributed by atoms with van der Waals surface area (Å²) in [5.41, 5.74) is 3.40. The number of benzene rings is 2. The minimum absolute atomic E-state index is 0.138. The van der Waals surface area contributed by atoms with E-state index in [0.717, 1.165) is 41.7 Å². The number of para-hydroxylation sites is 2. The molecule has 1 aliphatic carbocycles. The van der Waals surface area contributed by atoms with E-state index >= 15 is 0 Å². The topological polar surface area (TPSA) is 51.0 Å². The number of anilines is 1. The van der Waals surface area contributed by atoms with Crippen LogP contribution in [0.1, 0.15) is 55.8 Å². The van der Waals surface area contributed by atoms with Crippen LogP contribution in [-0.4, -0.2) is 33.0 Å². The van der Waals surface area contributed by atoms with Gasteiger partial charge in [0.1, 0.15) is 5.82 Å². The standard InChI is InChI=1S/C25H28N4OS/c30-23(28-17-9-13-19-10-7-8-16-22(19)28)18-31-25-27-26-24(20-11-3-1-4-12-20)29(25)21-14-5-2-6-15-21/h2,5-8,10,14-16,20H,1,3-4,9,11-13,17-18H2. The third kappa shape index (κ3) is 4.26. The van der Waals surface area contributed by atoms with Crippen LogP contribution >= 0.6 is 11.8 Å². The van der Waals surface area contributed by atoms with Crippen LogP contribution in [0.4, 0.5) is 5.69 Å². The highest BCUT2D eigenvalue weighted by Crippen LogP contribution is 2.35. The summed E-state index contributed by atoms with van der Waals surface area (Å²) < 4.78 is 2.18. The van der Waals surface area contributed by atoms with Crippen LogP contribution in [0.25, 0.3) is 5.69 Å². The molecule has 1 amide bonds. The first-order valence-electron chi connectivity index (χ1n) is 11.3. The first-order valence-corrected chi connectivity index (χ1v) is 12.3. The maximum atomic E-state index is 13.1. The molecule has 0 radical (unpaired) electrons. The third-order valence-electron chi connectivity index (χ3n) is 6.38. The molecule has 0 bridgehead atoms. The average Bonchev–Trinajstić information content (AvgIpc) is 3.27. The van der Waals surface area contributed by atoms with Crippen LogP contribution in [0.15, 0.2) is 59.8 Å². The molecule has 1 fully saturated rings. The Kier molecular flexibility index (Phi) is 6.07. The molecule has 0 atom stereocenters. The van der Waals surface area contributed by atoms with Gasteiger partial charge in [-0.15, -0.1) is 10.2 Å². The second-order valence-electron chi connectivity index (χ2n) is 8.41. The zero-order chi connectivity index (χ0) is 21.0. The van der Waals surface area contributed by atoms with Crippen LogP contribution in [0, 0.1) is 0 Å². The molecule has 2 aromatic carbocycles. The Morgan fingerprint density at radius 1 is 0.935 bits per heavy atom. The van der Waals surface area contributed by atoms with Gasteiger partial charge in [0.25, 0.3) is 0 Å². The molecule has 1 aromatic heterocycles. The Bertz CT molecular complexity index is 1040. The second-order valence-corrected chi connectivity index (χ2v) is 9.36. The molecule has 160 valence electrons. The van der Waals surface area contributed by atoms with Crippen molar-refractivity contribution in [2.45, 2.75) is 56.0 Å². The molecule has 1 aliphatic heterocycles. The van der Waals surface area contributed by atoms with Crippen molar-refractivity contribution in [3.05, 3.63) is 66.0 Å². The highest BCUT2D eigenvalue weighted by Gasteiger charge is 2.26. The number of thioether (sulfide) groups is 1. The van der Waals surface area contributed by atoms with Gasteiger partial charge in [0.05, 0.1) is 5.75 Å². The summed E-state index contributed by atoms with van der Waals surface area (Å²) in [4.78, 5) is 15.1. The Morgan fingerprint density at radius 3 is 2.55 bits per heavy atom. The summed E-state index contributed by atoms with van der Waals surface area (Å²) in [5, 5.41) is 9.95. The van der Waals surface area contributed by atoms with E-state index in [9.17, 15) is 4.79 Å². The number of hydrogen-bond acceptors (Lipinski definition) is 4. The van der Waals surface area contributed by atoms with E-state index in [-0.39, 0.29) is 5.91 Å². The van der Waals surface area contributed by atoms with Crippen LogP contribution in [0.2, 0.25) is 0 Å². The molecule has 0 unspecified atom stereocenters. The molecular formula is C25H28N4OS. The molecule has 1 saturated carbocycles. The van der Waals surface area contributed by atoms with Crippen LogP contribution in [0.5, 0.6) is 0 Å². The zero-order valence-corrected chi connectivity index (χ0v) is 18.6. The number of aromatic nitrogens is 3. The predicted octanol–water partition coefficient (Wildman–Crippen LogP) is 5.39. The van der Waals surface area contributed by atoms with Crippen molar-refractivity contribution >= 4 is 23.4 Å². The van der Waals surface area contributed by atoms with E-state index in [1.165, 1.54) is 49.4 Å². The van der Waals surface area contributed by atoms with Gasteiger partial charge in [0, 0.05) is 23.8 Å². The van der Waals surface area contributed by atoms with Crippen molar-refractivity contribution in [1.82, 2.24) is 14.8 Å². The van der Waals surface area contributed by atoms with E-state index < -0.39 is 0 Å². The summed E-state index contributed by atoms with van der Waals surface area (Å²) >= 11 is 1.50. The Morgan fingerprint density at radius 2 is 1.71 bits per heavy atom. The molecule has 5 rings (SSSR count). The van der Waals surface area contributed by atoms with Crippen molar-refractivity contribution in [3.8, 4) is 5.69 Å². The van der Waals surface area contributed by atoms with Gasteiger partial charge < -0.3 is 4.90 Å². The molecule has 0 N–H and O–H groups in total. The molecular weight excluding hydrogens is 404 g/mol. The van der Waals surface area contributed by atoms with Gasteiger partial charge in [-0.1, -0.05) is 67.4 Å². The van der Waals surface area contributed by atoms with E-state index in [4.69, 9.17) is 0 Å². The van der Waals surface area contributed by atoms with E-state index in [1.54, 1.807) is 0 Å². The highest BCUT2D eigenvalue weighted by molar-refractivity contribution is 7.99. The molecule has 6 heteroatoms. The van der Waals surface area contributed by atoms with Crippen LogP contribution in [0.3, 0.4) is 0 Å². The fourth-order valence-corrected chi connectivity index (χ4v) is 5.65. The predicted molar refractivity (Wildman–Crippen MR) is 125 cm³/mol. The number of aryl methyl sites for hydroxylation is 1. The zero-order valence-electron chi connectivity index (χ0n) is 17.7. The average molecular weight is 433 g/mol. The first-order chi connectivity index (χ1) is 15.3. The normalized spacial score (nSPS) is 16.8. The van der Waals surface area contributed by atoms with Gasteiger partial charge in [-0.25, -0.2) is 0 Å². The van der Waals surface area contributed by atoms with Gasteiger partial charge in [-0.2, -0.15) is 0 Å². The lowest BCUT2D eigenvalue weighted by Gasteiger charge is -2.29. The summed E-state index contributed by atoms with van der Waals surface area (Å²) in [7, 11) is 0. The number of fused-ring (bicyclic) bond motifs is 1. The highest BCUT2D eigenvalue weighted by atomic mass is 32.2. The summed E-state index contributed by atoms with van der Waals surface area (Å²) in [5.74, 6) is 1.99. The summed E-state index contributed by atoms with van der Waals surface area (Å²) in [6.07, 6.45) is 8.20. The third-order valence-corrected chi connectivity index (χ3v) is 7.29. The lowest BCUT2D eigenvalue weighted by Crippen LogP contribution is -2.36. The molecule has 2 heterocycles. The van der Waals surface area contributed by atoms with Crippen LogP contribution in [-0.2, 0) is 11.2 Å². The van der Waals surface area contributed by atoms with Crippen molar-refractivity contribution < 1.29 is 4.79 Å². The SMILES string of the molecule is O=C(CSc1nnc(C2CCCCC2)n1-c1ccccc1)N1CCCc2ccccc21. The van der Waals surface area contributed by atoms with E-state index in [2.05, 4.69) is 45.1 Å². The molecule has 2 aliphatic rings. The Labute approximate surface area is 187 Å². The van der Waals surface area contributed by atoms with Gasteiger partial charge >= 0.3 is 0 Å². The first kappa shape index (κ1) is 20.3. The van der Waals surface area contributed by atoms with Gasteiger partial charge in [0.15, 0.2) is 5.16 Å². The number of amides is 1. The van der Waals surface area contributed by atoms with Gasteiger partial charge in [0.2, 0.25) is 5.91 Å². The smallest absolute Gasteiger partial charge is 0.237 e. The Balaban J connectivity index is 1.38. The number of rotatable bonds is 5. The van der Waals surface area contributed by atoms with Gasteiger partial charge in [-0.3, -0.25) is 9.36 Å². The Hall–Kier alpha value is -2.60. The van der Waals surface area contributed by atoms with Crippen LogP contribution < -0.4 is 4.90 Å². The van der Waals surface area contributed by atoms with Crippen molar-refractivity contribution in [2.24, 2.45) is 0 Å². The minimum atomic E-state index is 0.138. The van der Waals surface area contributed by atoms with E-state index in [1.807, 2.05) is 29.2 Å². The van der Waals surface area contributed by atoms with Gasteiger partial charge in [-0.05, 0) is 49.4 Å².